The number of hydrogen-bond acceptors (Lipinski definition) is 3. The predicted molar refractivity (Wildman–Crippen MR) is 58.9 cm³/mol. The molecule has 1 aromatic carbocycles. The van der Waals surface area contributed by atoms with Crippen LogP contribution < -0.4 is 4.74 Å². The first-order valence-corrected chi connectivity index (χ1v) is 5.26. The molecular formula is C12H7F5N2O. The van der Waals surface area contributed by atoms with Crippen LogP contribution in [0.4, 0.5) is 22.0 Å². The molecule has 2 aromatic rings. The zero-order valence-corrected chi connectivity index (χ0v) is 10.0. The van der Waals surface area contributed by atoms with Gasteiger partial charge in [0, 0.05) is 11.6 Å². The van der Waals surface area contributed by atoms with Gasteiger partial charge in [0.15, 0.2) is 5.69 Å². The molecule has 1 heterocycles. The van der Waals surface area contributed by atoms with E-state index in [1.54, 1.807) is 0 Å². The van der Waals surface area contributed by atoms with E-state index in [0.717, 1.165) is 19.2 Å². The Labute approximate surface area is 110 Å². The lowest BCUT2D eigenvalue weighted by Gasteiger charge is -2.11. The molecule has 0 N–H and O–H groups in total. The maximum Gasteiger partial charge on any atom is 0.435 e. The van der Waals surface area contributed by atoms with Crippen molar-refractivity contribution in [2.45, 2.75) is 6.18 Å². The average Bonchev–Trinajstić information content (AvgIpc) is 2.37. The highest BCUT2D eigenvalue weighted by atomic mass is 19.4. The van der Waals surface area contributed by atoms with Gasteiger partial charge in [-0.15, -0.1) is 0 Å². The van der Waals surface area contributed by atoms with Crippen LogP contribution in [-0.2, 0) is 6.18 Å². The second-order valence-electron chi connectivity index (χ2n) is 3.74. The van der Waals surface area contributed by atoms with Crippen molar-refractivity contribution >= 4 is 0 Å². The normalized spacial score (nSPS) is 11.5. The van der Waals surface area contributed by atoms with Crippen molar-refractivity contribution in [3.05, 3.63) is 41.7 Å². The van der Waals surface area contributed by atoms with E-state index in [1.165, 1.54) is 0 Å². The number of aromatic nitrogens is 2. The van der Waals surface area contributed by atoms with Gasteiger partial charge in [0.1, 0.15) is 17.3 Å². The summed E-state index contributed by atoms with van der Waals surface area (Å²) in [7, 11) is 1.08. The van der Waals surface area contributed by atoms with Gasteiger partial charge in [0.25, 0.3) is 0 Å². The Bertz CT molecular complexity index is 642. The molecular weight excluding hydrogens is 283 g/mol. The lowest BCUT2D eigenvalue weighted by atomic mass is 10.1. The Balaban J connectivity index is 2.57. The molecule has 0 aliphatic rings. The van der Waals surface area contributed by atoms with E-state index >= 15 is 0 Å². The third-order valence-electron chi connectivity index (χ3n) is 2.41. The van der Waals surface area contributed by atoms with Crippen LogP contribution in [0.1, 0.15) is 5.69 Å². The molecule has 0 bridgehead atoms. The lowest BCUT2D eigenvalue weighted by molar-refractivity contribution is -0.141. The minimum Gasteiger partial charge on any atom is -0.479 e. The van der Waals surface area contributed by atoms with Crippen LogP contribution in [0.25, 0.3) is 11.3 Å². The van der Waals surface area contributed by atoms with Crippen molar-refractivity contribution in [3.8, 4) is 17.1 Å². The van der Waals surface area contributed by atoms with Gasteiger partial charge in [-0.05, 0) is 12.1 Å². The summed E-state index contributed by atoms with van der Waals surface area (Å²) in [6, 6.07) is 2.59. The van der Waals surface area contributed by atoms with Gasteiger partial charge < -0.3 is 4.74 Å². The SMILES string of the molecule is COc1nc(C(F)(F)F)cnc1-c1ccc(F)cc1F. The number of rotatable bonds is 2. The smallest absolute Gasteiger partial charge is 0.435 e. The summed E-state index contributed by atoms with van der Waals surface area (Å²) in [6.45, 7) is 0. The van der Waals surface area contributed by atoms with Crippen molar-refractivity contribution in [1.29, 1.82) is 0 Å². The van der Waals surface area contributed by atoms with Crippen LogP contribution in [0, 0.1) is 11.6 Å². The van der Waals surface area contributed by atoms with Crippen LogP contribution in [0.2, 0.25) is 0 Å². The fourth-order valence-corrected chi connectivity index (χ4v) is 1.52. The third kappa shape index (κ3) is 2.68. The van der Waals surface area contributed by atoms with Crippen LogP contribution in [0.15, 0.2) is 24.4 Å². The number of alkyl halides is 3. The molecule has 0 saturated carbocycles. The van der Waals surface area contributed by atoms with Gasteiger partial charge >= 0.3 is 6.18 Å². The molecule has 0 aliphatic carbocycles. The third-order valence-corrected chi connectivity index (χ3v) is 2.41. The summed E-state index contributed by atoms with van der Waals surface area (Å²) in [5.41, 5.74) is -1.71. The predicted octanol–water partition coefficient (Wildman–Crippen LogP) is 3.45. The molecule has 0 fully saturated rings. The number of methoxy groups -OCH3 is 1. The second-order valence-corrected chi connectivity index (χ2v) is 3.74. The molecule has 0 saturated heterocycles. The number of benzene rings is 1. The van der Waals surface area contributed by atoms with E-state index in [1.807, 2.05) is 0 Å². The molecule has 8 heteroatoms. The molecule has 3 nitrogen and oxygen atoms in total. The number of nitrogens with zero attached hydrogens (tertiary/aromatic N) is 2. The minimum atomic E-state index is -4.69. The van der Waals surface area contributed by atoms with E-state index in [0.29, 0.717) is 12.3 Å². The number of ether oxygens (including phenoxy) is 1. The molecule has 0 atom stereocenters. The quantitative estimate of drug-likeness (QED) is 0.795. The first kappa shape index (κ1) is 14.2. The topological polar surface area (TPSA) is 35.0 Å². The molecule has 106 valence electrons. The molecule has 0 amide bonds. The van der Waals surface area contributed by atoms with Gasteiger partial charge in [0.2, 0.25) is 5.88 Å². The van der Waals surface area contributed by atoms with Crippen molar-refractivity contribution in [1.82, 2.24) is 9.97 Å². The van der Waals surface area contributed by atoms with Crippen molar-refractivity contribution in [2.24, 2.45) is 0 Å². The maximum absolute atomic E-state index is 13.6. The molecule has 0 spiro atoms. The van der Waals surface area contributed by atoms with E-state index < -0.39 is 29.4 Å². The molecule has 0 aliphatic heterocycles. The van der Waals surface area contributed by atoms with Gasteiger partial charge in [-0.2, -0.15) is 13.2 Å². The Morgan fingerprint density at radius 1 is 1.15 bits per heavy atom. The van der Waals surface area contributed by atoms with Crippen molar-refractivity contribution in [3.63, 3.8) is 0 Å². The Hall–Kier alpha value is -2.25. The fourth-order valence-electron chi connectivity index (χ4n) is 1.52. The zero-order valence-electron chi connectivity index (χ0n) is 10.0. The van der Waals surface area contributed by atoms with E-state index in [4.69, 9.17) is 0 Å². The number of halogens is 5. The van der Waals surface area contributed by atoms with E-state index in [-0.39, 0.29) is 11.3 Å². The highest BCUT2D eigenvalue weighted by Crippen LogP contribution is 2.33. The summed E-state index contributed by atoms with van der Waals surface area (Å²) in [5.74, 6) is -2.28. The molecule has 1 aromatic heterocycles. The molecule has 2 rings (SSSR count). The Kier molecular flexibility index (Phi) is 3.56. The summed E-state index contributed by atoms with van der Waals surface area (Å²) in [5, 5.41) is 0. The van der Waals surface area contributed by atoms with Crippen LogP contribution in [0.3, 0.4) is 0 Å². The van der Waals surface area contributed by atoms with Crippen LogP contribution in [-0.4, -0.2) is 17.1 Å². The van der Waals surface area contributed by atoms with Crippen molar-refractivity contribution in [2.75, 3.05) is 7.11 Å². The molecule has 0 radical (unpaired) electrons. The summed E-state index contributed by atoms with van der Waals surface area (Å²) >= 11 is 0. The molecule has 20 heavy (non-hydrogen) atoms. The summed E-state index contributed by atoms with van der Waals surface area (Å²) < 4.78 is 68.6. The van der Waals surface area contributed by atoms with Crippen molar-refractivity contribution < 1.29 is 26.7 Å². The van der Waals surface area contributed by atoms with Gasteiger partial charge in [-0.1, -0.05) is 0 Å². The first-order valence-electron chi connectivity index (χ1n) is 5.26. The summed E-state index contributed by atoms with van der Waals surface area (Å²) in [6.07, 6.45) is -4.24. The van der Waals surface area contributed by atoms with Crippen LogP contribution >= 0.6 is 0 Å². The lowest BCUT2D eigenvalue weighted by Crippen LogP contribution is -2.10. The number of hydrogen-bond donors (Lipinski definition) is 0. The fraction of sp³-hybridized carbons (Fsp3) is 0.167. The van der Waals surface area contributed by atoms with Gasteiger partial charge in [0.05, 0.1) is 13.3 Å². The average molecular weight is 290 g/mol. The monoisotopic (exact) mass is 290 g/mol. The van der Waals surface area contributed by atoms with Gasteiger partial charge in [-0.25, -0.2) is 18.7 Å². The zero-order chi connectivity index (χ0) is 14.9. The van der Waals surface area contributed by atoms with Gasteiger partial charge in [-0.3, -0.25) is 0 Å². The second kappa shape index (κ2) is 5.03. The van der Waals surface area contributed by atoms with Crippen LogP contribution in [0.5, 0.6) is 5.88 Å². The first-order chi connectivity index (χ1) is 9.32. The maximum atomic E-state index is 13.6. The highest BCUT2D eigenvalue weighted by Gasteiger charge is 2.34. The Morgan fingerprint density at radius 3 is 2.40 bits per heavy atom. The Morgan fingerprint density at radius 2 is 1.85 bits per heavy atom. The standard InChI is InChI=1S/C12H7F5N2O/c1-20-11-10(7-3-2-6(13)4-8(7)14)18-5-9(19-11)12(15,16)17/h2-5H,1H3. The van der Waals surface area contributed by atoms with E-state index in [9.17, 15) is 22.0 Å². The van der Waals surface area contributed by atoms with E-state index in [2.05, 4.69) is 14.7 Å². The highest BCUT2D eigenvalue weighted by molar-refractivity contribution is 5.64. The minimum absolute atomic E-state index is 0.204. The largest absolute Gasteiger partial charge is 0.479 e. The molecule has 0 unspecified atom stereocenters. The summed E-state index contributed by atoms with van der Waals surface area (Å²) in [4.78, 5) is 6.74.